The fourth-order valence-corrected chi connectivity index (χ4v) is 8.37. The summed E-state index contributed by atoms with van der Waals surface area (Å²) in [4.78, 5) is 34.4. The van der Waals surface area contributed by atoms with E-state index >= 15 is 0 Å². The number of hydrogen-bond acceptors (Lipinski definition) is 4. The Morgan fingerprint density at radius 1 is 0.860 bits per heavy atom. The number of hydrogen-bond donors (Lipinski definition) is 1. The SMILES string of the molecule is Cc1nc2ccccc2n1C1CC2CCC(C1)N2CCC1(c2ccccc2)CCN(C(=O)c2cccc(C(=O)O)c2)CC1. The number of carboxylic acid groups (broad SMARTS) is 1. The first-order valence-corrected chi connectivity index (χ1v) is 15.8. The lowest BCUT2D eigenvalue weighted by Crippen LogP contribution is -2.49. The van der Waals surface area contributed by atoms with E-state index in [0.29, 0.717) is 36.8 Å². The van der Waals surface area contributed by atoms with Gasteiger partial charge in [0.15, 0.2) is 0 Å². The number of rotatable bonds is 7. The van der Waals surface area contributed by atoms with Gasteiger partial charge in [0.25, 0.3) is 5.91 Å². The quantitative estimate of drug-likeness (QED) is 0.273. The normalized spacial score (nSPS) is 23.5. The Kier molecular flexibility index (Phi) is 7.29. The third-order valence-electron chi connectivity index (χ3n) is 10.6. The summed E-state index contributed by atoms with van der Waals surface area (Å²) in [6.07, 6.45) is 7.78. The number of nitrogens with zero attached hydrogens (tertiary/aromatic N) is 4. The van der Waals surface area contributed by atoms with Gasteiger partial charge in [-0.1, -0.05) is 48.5 Å². The van der Waals surface area contributed by atoms with Gasteiger partial charge in [-0.25, -0.2) is 9.78 Å². The van der Waals surface area contributed by atoms with Crippen LogP contribution in [-0.4, -0.2) is 68.1 Å². The second kappa shape index (κ2) is 11.3. The molecular formula is C36H40N4O3. The number of likely N-dealkylation sites (tertiary alicyclic amines) is 1. The molecule has 1 N–H and O–H groups in total. The molecule has 0 radical (unpaired) electrons. The molecule has 4 heterocycles. The molecule has 0 spiro atoms. The molecule has 3 aliphatic rings. The lowest BCUT2D eigenvalue weighted by atomic mass is 9.70. The molecule has 7 heteroatoms. The minimum atomic E-state index is -1.01. The maximum absolute atomic E-state index is 13.4. The van der Waals surface area contributed by atoms with E-state index < -0.39 is 5.97 Å². The molecule has 1 amide bonds. The summed E-state index contributed by atoms with van der Waals surface area (Å²) >= 11 is 0. The van der Waals surface area contributed by atoms with Crippen LogP contribution in [0.2, 0.25) is 0 Å². The number of aryl methyl sites for hydroxylation is 1. The molecule has 7 rings (SSSR count). The Labute approximate surface area is 253 Å². The number of benzene rings is 3. The van der Waals surface area contributed by atoms with Gasteiger partial charge in [0.2, 0.25) is 0 Å². The third-order valence-corrected chi connectivity index (χ3v) is 10.6. The molecule has 4 aromatic rings. The van der Waals surface area contributed by atoms with Crippen molar-refractivity contribution in [1.82, 2.24) is 19.4 Å². The number of carbonyl (C=O) groups is 2. The molecule has 0 saturated carbocycles. The third kappa shape index (κ3) is 5.14. The molecular weight excluding hydrogens is 536 g/mol. The first-order chi connectivity index (χ1) is 20.9. The summed E-state index contributed by atoms with van der Waals surface area (Å²) in [5.41, 5.74) is 4.35. The molecule has 0 aliphatic carbocycles. The van der Waals surface area contributed by atoms with Crippen molar-refractivity contribution in [2.75, 3.05) is 19.6 Å². The van der Waals surface area contributed by atoms with E-state index in [9.17, 15) is 14.7 Å². The van der Waals surface area contributed by atoms with Crippen molar-refractivity contribution in [1.29, 1.82) is 0 Å². The average molecular weight is 577 g/mol. The summed E-state index contributed by atoms with van der Waals surface area (Å²) in [5, 5.41) is 9.39. The Hall–Kier alpha value is -3.97. The van der Waals surface area contributed by atoms with Gasteiger partial charge >= 0.3 is 5.97 Å². The number of piperidine rings is 2. The molecule has 3 aliphatic heterocycles. The van der Waals surface area contributed by atoms with Crippen LogP contribution in [0.3, 0.4) is 0 Å². The summed E-state index contributed by atoms with van der Waals surface area (Å²) in [5.74, 6) is 0.0353. The van der Waals surface area contributed by atoms with Crippen molar-refractivity contribution in [2.45, 2.75) is 75.4 Å². The molecule has 222 valence electrons. The maximum atomic E-state index is 13.4. The van der Waals surface area contributed by atoms with Crippen molar-refractivity contribution < 1.29 is 14.7 Å². The fourth-order valence-electron chi connectivity index (χ4n) is 8.37. The van der Waals surface area contributed by atoms with Crippen molar-refractivity contribution >= 4 is 22.9 Å². The number of imidazole rings is 1. The summed E-state index contributed by atoms with van der Waals surface area (Å²) in [6, 6.07) is 27.5. The lowest BCUT2D eigenvalue weighted by Gasteiger charge is -2.45. The first kappa shape index (κ1) is 27.8. The van der Waals surface area contributed by atoms with Crippen molar-refractivity contribution in [3.63, 3.8) is 0 Å². The number of aromatic carboxylic acids is 1. The lowest BCUT2D eigenvalue weighted by molar-refractivity contribution is 0.0607. The van der Waals surface area contributed by atoms with Crippen LogP contribution in [0.5, 0.6) is 0 Å². The van der Waals surface area contributed by atoms with Crippen LogP contribution in [0.4, 0.5) is 0 Å². The van der Waals surface area contributed by atoms with Crippen molar-refractivity contribution in [2.24, 2.45) is 0 Å². The molecule has 2 bridgehead atoms. The largest absolute Gasteiger partial charge is 0.478 e. The van der Waals surface area contributed by atoms with Crippen LogP contribution in [0.15, 0.2) is 78.9 Å². The summed E-state index contributed by atoms with van der Waals surface area (Å²) < 4.78 is 2.50. The summed E-state index contributed by atoms with van der Waals surface area (Å²) in [7, 11) is 0. The Morgan fingerprint density at radius 3 is 2.26 bits per heavy atom. The van der Waals surface area contributed by atoms with E-state index in [4.69, 9.17) is 4.98 Å². The van der Waals surface area contributed by atoms with Crippen LogP contribution in [-0.2, 0) is 5.41 Å². The van der Waals surface area contributed by atoms with E-state index in [1.165, 1.54) is 48.9 Å². The minimum Gasteiger partial charge on any atom is -0.478 e. The van der Waals surface area contributed by atoms with Crippen LogP contribution in [0.1, 0.15) is 83.1 Å². The number of para-hydroxylation sites is 2. The highest BCUT2D eigenvalue weighted by Gasteiger charge is 2.44. The van der Waals surface area contributed by atoms with Gasteiger partial charge in [0.1, 0.15) is 5.82 Å². The van der Waals surface area contributed by atoms with Gasteiger partial charge in [-0.2, -0.15) is 0 Å². The van der Waals surface area contributed by atoms with Gasteiger partial charge in [0, 0.05) is 36.8 Å². The zero-order valence-electron chi connectivity index (χ0n) is 24.9. The maximum Gasteiger partial charge on any atom is 0.335 e. The second-order valence-electron chi connectivity index (χ2n) is 12.8. The Balaban J connectivity index is 1.06. The molecule has 1 aromatic heterocycles. The second-order valence-corrected chi connectivity index (χ2v) is 12.8. The van der Waals surface area contributed by atoms with E-state index in [1.54, 1.807) is 12.1 Å². The fraction of sp³-hybridized carbons (Fsp3) is 0.417. The van der Waals surface area contributed by atoms with Crippen molar-refractivity contribution in [3.8, 4) is 0 Å². The monoisotopic (exact) mass is 576 g/mol. The molecule has 2 atom stereocenters. The van der Waals surface area contributed by atoms with Crippen molar-refractivity contribution in [3.05, 3.63) is 101 Å². The summed E-state index contributed by atoms with van der Waals surface area (Å²) in [6.45, 7) is 4.58. The Bertz CT molecular complexity index is 1620. The average Bonchev–Trinajstić information content (AvgIpc) is 3.50. The Morgan fingerprint density at radius 2 is 1.53 bits per heavy atom. The zero-order chi connectivity index (χ0) is 29.6. The van der Waals surface area contributed by atoms with Crippen LogP contribution >= 0.6 is 0 Å². The molecule has 2 unspecified atom stereocenters. The van der Waals surface area contributed by atoms with Gasteiger partial charge in [-0.3, -0.25) is 9.69 Å². The highest BCUT2D eigenvalue weighted by Crippen LogP contribution is 2.45. The molecule has 3 fully saturated rings. The first-order valence-electron chi connectivity index (χ1n) is 15.8. The van der Waals surface area contributed by atoms with Crippen LogP contribution < -0.4 is 0 Å². The smallest absolute Gasteiger partial charge is 0.335 e. The number of carboxylic acids is 1. The van der Waals surface area contributed by atoms with Gasteiger partial charge < -0.3 is 14.6 Å². The molecule has 3 aromatic carbocycles. The predicted octanol–water partition coefficient (Wildman–Crippen LogP) is 6.48. The standard InChI is InChI=1S/C36H40N4O3/c1-25-37-32-12-5-6-13-33(32)40(25)31-23-29-14-15-30(24-31)39(29)21-18-36(28-10-3-2-4-11-28)16-19-38(20-17-36)34(41)26-8-7-9-27(22-26)35(42)43/h2-13,22,29-31H,14-21,23-24H2,1H3,(H,42,43). The molecule has 7 nitrogen and oxygen atoms in total. The topological polar surface area (TPSA) is 78.7 Å². The van der Waals surface area contributed by atoms with Crippen LogP contribution in [0.25, 0.3) is 11.0 Å². The highest BCUT2D eigenvalue weighted by molar-refractivity contribution is 5.97. The van der Waals surface area contributed by atoms with Gasteiger partial charge in [-0.15, -0.1) is 0 Å². The van der Waals surface area contributed by atoms with Crippen LogP contribution in [0, 0.1) is 6.92 Å². The number of aromatic nitrogens is 2. The van der Waals surface area contributed by atoms with E-state index in [1.807, 2.05) is 4.90 Å². The van der Waals surface area contributed by atoms with E-state index in [0.717, 1.165) is 37.1 Å². The van der Waals surface area contributed by atoms with Gasteiger partial charge in [0.05, 0.1) is 16.6 Å². The minimum absolute atomic E-state index is 0.0222. The molecule has 3 saturated heterocycles. The van der Waals surface area contributed by atoms with E-state index in [2.05, 4.69) is 71.0 Å². The number of fused-ring (bicyclic) bond motifs is 3. The number of amides is 1. The zero-order valence-corrected chi connectivity index (χ0v) is 24.9. The highest BCUT2D eigenvalue weighted by atomic mass is 16.4. The predicted molar refractivity (Wildman–Crippen MR) is 168 cm³/mol. The van der Waals surface area contributed by atoms with E-state index in [-0.39, 0.29) is 16.9 Å². The number of carbonyl (C=O) groups excluding carboxylic acids is 1. The van der Waals surface area contributed by atoms with Gasteiger partial charge in [-0.05, 0) is 99.7 Å². The molecule has 43 heavy (non-hydrogen) atoms.